The Hall–Kier alpha value is -2.47. The molecule has 6 heteroatoms. The van der Waals surface area contributed by atoms with Crippen molar-refractivity contribution in [3.05, 3.63) is 53.5 Å². The smallest absolute Gasteiger partial charge is 0.250 e. The van der Waals surface area contributed by atoms with Crippen LogP contribution in [0.1, 0.15) is 62.0 Å². The number of anilines is 1. The molecule has 1 amide bonds. The highest BCUT2D eigenvalue weighted by Crippen LogP contribution is 2.45. The van der Waals surface area contributed by atoms with Gasteiger partial charge in [0.05, 0.1) is 11.1 Å². The molecule has 0 unspecified atom stereocenters. The van der Waals surface area contributed by atoms with Gasteiger partial charge in [-0.05, 0) is 72.5 Å². The van der Waals surface area contributed by atoms with E-state index in [9.17, 15) is 9.18 Å². The van der Waals surface area contributed by atoms with E-state index >= 15 is 0 Å². The van der Waals surface area contributed by atoms with Crippen molar-refractivity contribution in [1.29, 1.82) is 0 Å². The number of amides is 1. The zero-order valence-corrected chi connectivity index (χ0v) is 19.5. The van der Waals surface area contributed by atoms with Crippen molar-refractivity contribution in [3.63, 3.8) is 0 Å². The number of halogens is 1. The van der Waals surface area contributed by atoms with Crippen LogP contribution in [0.15, 0.2) is 36.4 Å². The molecule has 0 saturated heterocycles. The zero-order valence-electron chi connectivity index (χ0n) is 18.7. The lowest BCUT2D eigenvalue weighted by atomic mass is 9.87. The predicted octanol–water partition coefficient (Wildman–Crippen LogP) is 6.37. The number of nitrogens with zero attached hydrogens (tertiary/aromatic N) is 1. The molecule has 2 aliphatic rings. The van der Waals surface area contributed by atoms with Crippen LogP contribution in [0.4, 0.5) is 10.1 Å². The van der Waals surface area contributed by atoms with Gasteiger partial charge in [-0.2, -0.15) is 0 Å². The molecule has 1 fully saturated rings. The van der Waals surface area contributed by atoms with Crippen LogP contribution in [0.25, 0.3) is 22.0 Å². The first-order chi connectivity index (χ1) is 15.3. The number of fused-ring (bicyclic) bond motifs is 3. The van der Waals surface area contributed by atoms with Gasteiger partial charge < -0.3 is 11.1 Å². The van der Waals surface area contributed by atoms with Crippen molar-refractivity contribution in [2.24, 2.45) is 11.1 Å². The predicted molar refractivity (Wildman–Crippen MR) is 132 cm³/mol. The van der Waals surface area contributed by atoms with Crippen molar-refractivity contribution < 1.29 is 9.18 Å². The Labute approximate surface area is 192 Å². The highest BCUT2D eigenvalue weighted by Gasteiger charge is 2.31. The first-order valence-corrected chi connectivity index (χ1v) is 12.4. The van der Waals surface area contributed by atoms with Crippen molar-refractivity contribution in [3.8, 4) is 11.1 Å². The van der Waals surface area contributed by atoms with Crippen LogP contribution >= 0.6 is 11.9 Å². The van der Waals surface area contributed by atoms with E-state index in [1.807, 2.05) is 18.2 Å². The standard InChI is InChI=1S/C26H30FN3OS/c1-26(2)14-23-24(20-11-9-17(27)13-22(20)30(23)32-15-26)16-8-10-19(25(28)31)21(12-16)29-18-6-4-3-5-7-18/h8-13,18,29H,3-7,14-15H2,1-2H3,(H2,28,31). The van der Waals surface area contributed by atoms with Gasteiger partial charge in [-0.25, -0.2) is 4.39 Å². The van der Waals surface area contributed by atoms with Crippen molar-refractivity contribution in [1.82, 2.24) is 3.97 Å². The number of hydrogen-bond donors (Lipinski definition) is 2. The maximum absolute atomic E-state index is 14.2. The molecular formula is C26H30FN3OS. The zero-order chi connectivity index (χ0) is 22.5. The third-order valence-electron chi connectivity index (χ3n) is 6.75. The number of nitrogens with one attached hydrogen (secondary N) is 1. The molecule has 1 aliphatic heterocycles. The van der Waals surface area contributed by atoms with Gasteiger partial charge in [0.25, 0.3) is 5.91 Å². The summed E-state index contributed by atoms with van der Waals surface area (Å²) in [4.78, 5) is 12.2. The normalized spacial score (nSPS) is 18.5. The number of primary amides is 1. The molecular weight excluding hydrogens is 421 g/mol. The SMILES string of the molecule is CC1(C)CSn2c(c(-c3ccc(C(N)=O)c(NC4CCCCC4)c3)c3ccc(F)cc32)C1. The van der Waals surface area contributed by atoms with Gasteiger partial charge in [-0.15, -0.1) is 0 Å². The molecule has 3 N–H and O–H groups in total. The summed E-state index contributed by atoms with van der Waals surface area (Å²) in [5.41, 5.74) is 11.5. The van der Waals surface area contributed by atoms with Gasteiger partial charge in [-0.1, -0.05) is 39.2 Å². The number of nitrogens with two attached hydrogens (primary N) is 1. The minimum Gasteiger partial charge on any atom is -0.382 e. The molecule has 2 heterocycles. The summed E-state index contributed by atoms with van der Waals surface area (Å²) in [7, 11) is 0. The number of hydrogen-bond acceptors (Lipinski definition) is 3. The average Bonchev–Trinajstić information content (AvgIpc) is 3.05. The van der Waals surface area contributed by atoms with Crippen LogP contribution in [0, 0.1) is 11.2 Å². The van der Waals surface area contributed by atoms with Crippen molar-refractivity contribution in [2.45, 2.75) is 58.4 Å². The second kappa shape index (κ2) is 8.14. The van der Waals surface area contributed by atoms with Crippen molar-refractivity contribution in [2.75, 3.05) is 11.1 Å². The van der Waals surface area contributed by atoms with Gasteiger partial charge in [0.2, 0.25) is 0 Å². The van der Waals surface area contributed by atoms with E-state index in [0.29, 0.717) is 11.6 Å². The van der Waals surface area contributed by atoms with E-state index in [-0.39, 0.29) is 11.2 Å². The van der Waals surface area contributed by atoms with Crippen LogP contribution in [0.5, 0.6) is 0 Å². The Morgan fingerprint density at radius 3 is 2.69 bits per heavy atom. The third-order valence-corrected chi connectivity index (χ3v) is 8.34. The summed E-state index contributed by atoms with van der Waals surface area (Å²) in [6.07, 6.45) is 6.81. The van der Waals surface area contributed by atoms with E-state index in [1.165, 1.54) is 31.0 Å². The molecule has 5 rings (SSSR count). The van der Waals surface area contributed by atoms with E-state index in [2.05, 4.69) is 29.2 Å². The Kier molecular flexibility index (Phi) is 5.44. The highest BCUT2D eigenvalue weighted by atomic mass is 32.2. The number of rotatable bonds is 4. The Morgan fingerprint density at radius 2 is 1.94 bits per heavy atom. The lowest BCUT2D eigenvalue weighted by Crippen LogP contribution is -2.25. The average molecular weight is 452 g/mol. The second-order valence-corrected chi connectivity index (χ2v) is 10.9. The summed E-state index contributed by atoms with van der Waals surface area (Å²) in [6, 6.07) is 11.3. The van der Waals surface area contributed by atoms with Crippen LogP contribution in [0.3, 0.4) is 0 Å². The molecule has 1 saturated carbocycles. The molecule has 0 radical (unpaired) electrons. The van der Waals surface area contributed by atoms with Crippen LogP contribution in [-0.2, 0) is 6.42 Å². The van der Waals surface area contributed by atoms with Crippen LogP contribution < -0.4 is 11.1 Å². The van der Waals surface area contributed by atoms with E-state index < -0.39 is 5.91 Å². The lowest BCUT2D eigenvalue weighted by Gasteiger charge is -2.31. The largest absolute Gasteiger partial charge is 0.382 e. The molecule has 4 nitrogen and oxygen atoms in total. The highest BCUT2D eigenvalue weighted by molar-refractivity contribution is 7.98. The summed E-state index contributed by atoms with van der Waals surface area (Å²) >= 11 is 1.75. The molecule has 168 valence electrons. The lowest BCUT2D eigenvalue weighted by molar-refractivity contribution is 0.100. The second-order valence-electron chi connectivity index (χ2n) is 10.00. The maximum Gasteiger partial charge on any atom is 0.250 e. The minimum atomic E-state index is -0.419. The molecule has 32 heavy (non-hydrogen) atoms. The first-order valence-electron chi connectivity index (χ1n) is 11.5. The minimum absolute atomic E-state index is 0.151. The molecule has 1 aromatic heterocycles. The van der Waals surface area contributed by atoms with E-state index in [1.54, 1.807) is 18.0 Å². The van der Waals surface area contributed by atoms with Crippen LogP contribution in [0.2, 0.25) is 0 Å². The Bertz CT molecular complexity index is 1190. The molecule has 1 aliphatic carbocycles. The quantitative estimate of drug-likeness (QED) is 0.484. The molecule has 3 aromatic rings. The fraction of sp³-hybridized carbons (Fsp3) is 0.423. The number of aromatic nitrogens is 1. The van der Waals surface area contributed by atoms with Gasteiger partial charge >= 0.3 is 0 Å². The summed E-state index contributed by atoms with van der Waals surface area (Å²) < 4.78 is 16.4. The fourth-order valence-electron chi connectivity index (χ4n) is 5.16. The van der Waals surface area contributed by atoms with Gasteiger partial charge in [-0.3, -0.25) is 8.77 Å². The Morgan fingerprint density at radius 1 is 1.16 bits per heavy atom. The van der Waals surface area contributed by atoms with Gasteiger partial charge in [0.15, 0.2) is 0 Å². The number of carbonyl (C=O) groups excluding carboxylic acids is 1. The molecule has 0 bridgehead atoms. The first kappa shape index (κ1) is 21.4. The van der Waals surface area contributed by atoms with Gasteiger partial charge in [0, 0.05) is 34.1 Å². The fourth-order valence-corrected chi connectivity index (χ4v) is 6.34. The number of carbonyl (C=O) groups is 1. The molecule has 0 spiro atoms. The Balaban J connectivity index is 1.67. The maximum atomic E-state index is 14.2. The monoisotopic (exact) mass is 451 g/mol. The van der Waals surface area contributed by atoms with Crippen LogP contribution in [-0.4, -0.2) is 21.7 Å². The van der Waals surface area contributed by atoms with E-state index in [0.717, 1.165) is 52.7 Å². The topological polar surface area (TPSA) is 60.0 Å². The molecule has 0 atom stereocenters. The van der Waals surface area contributed by atoms with Gasteiger partial charge in [0.1, 0.15) is 5.82 Å². The summed E-state index contributed by atoms with van der Waals surface area (Å²) in [5.74, 6) is 0.338. The van der Waals surface area contributed by atoms with Crippen molar-refractivity contribution >= 4 is 34.4 Å². The summed E-state index contributed by atoms with van der Waals surface area (Å²) in [6.45, 7) is 4.55. The third kappa shape index (κ3) is 3.90. The molecule has 2 aromatic carbocycles. The van der Waals surface area contributed by atoms with E-state index in [4.69, 9.17) is 5.73 Å². The summed E-state index contributed by atoms with van der Waals surface area (Å²) in [5, 5.41) is 4.66. The number of benzene rings is 2.